The van der Waals surface area contributed by atoms with Crippen LogP contribution < -0.4 is 0 Å². The van der Waals surface area contributed by atoms with Crippen molar-refractivity contribution in [2.75, 3.05) is 0 Å². The molecule has 0 bridgehead atoms. The molecule has 0 aliphatic rings. The molecule has 0 aromatic carbocycles. The molecule has 0 radical (unpaired) electrons. The zero-order chi connectivity index (χ0) is 9.14. The first-order valence-corrected chi connectivity index (χ1v) is 4.27. The van der Waals surface area contributed by atoms with Crippen LogP contribution in [0.1, 0.15) is 24.6 Å². The first-order chi connectivity index (χ1) is 5.61. The van der Waals surface area contributed by atoms with E-state index in [1.54, 1.807) is 0 Å². The van der Waals surface area contributed by atoms with E-state index in [9.17, 15) is 0 Å². The highest BCUT2D eigenvalue weighted by atomic mass is 16.3. The Labute approximate surface area is 73.0 Å². The van der Waals surface area contributed by atoms with Gasteiger partial charge in [0.15, 0.2) is 0 Å². The van der Waals surface area contributed by atoms with E-state index in [1.165, 1.54) is 11.3 Å². The Balaban J connectivity index is 2.58. The summed E-state index contributed by atoms with van der Waals surface area (Å²) in [6.45, 7) is 3.86. The molecule has 0 aliphatic carbocycles. The third-order valence-electron chi connectivity index (χ3n) is 2.17. The van der Waals surface area contributed by atoms with Crippen molar-refractivity contribution in [1.29, 1.82) is 0 Å². The fourth-order valence-corrected chi connectivity index (χ4v) is 1.15. The Hall–Kier alpha value is -0.830. The fraction of sp³-hybridized carbons (Fsp3) is 0.667. The van der Waals surface area contributed by atoms with E-state index in [-0.39, 0.29) is 6.10 Å². The van der Waals surface area contributed by atoms with E-state index in [1.807, 2.05) is 31.8 Å². The van der Waals surface area contributed by atoms with Gasteiger partial charge in [-0.1, -0.05) is 0 Å². The van der Waals surface area contributed by atoms with Crippen molar-refractivity contribution < 1.29 is 5.11 Å². The van der Waals surface area contributed by atoms with E-state index in [2.05, 4.69) is 5.10 Å². The van der Waals surface area contributed by atoms with Gasteiger partial charge in [-0.05, 0) is 32.3 Å². The zero-order valence-electron chi connectivity index (χ0n) is 7.91. The van der Waals surface area contributed by atoms with Crippen molar-refractivity contribution in [1.82, 2.24) is 9.78 Å². The number of hydrogen-bond acceptors (Lipinski definition) is 2. The predicted octanol–water partition coefficient (Wildman–Crippen LogP) is 1.04. The molecule has 1 atom stereocenters. The topological polar surface area (TPSA) is 38.1 Å². The number of rotatable bonds is 3. The van der Waals surface area contributed by atoms with Crippen molar-refractivity contribution in [3.63, 3.8) is 0 Å². The van der Waals surface area contributed by atoms with Gasteiger partial charge in [-0.15, -0.1) is 0 Å². The van der Waals surface area contributed by atoms with Crippen LogP contribution in [0.3, 0.4) is 0 Å². The second-order valence-corrected chi connectivity index (χ2v) is 3.27. The summed E-state index contributed by atoms with van der Waals surface area (Å²) in [5, 5.41) is 13.2. The first-order valence-electron chi connectivity index (χ1n) is 4.27. The van der Waals surface area contributed by atoms with E-state index in [0.717, 1.165) is 12.8 Å². The second kappa shape index (κ2) is 3.72. The average Bonchev–Trinajstić information content (AvgIpc) is 2.30. The summed E-state index contributed by atoms with van der Waals surface area (Å²) in [5.41, 5.74) is 2.43. The largest absolute Gasteiger partial charge is 0.393 e. The van der Waals surface area contributed by atoms with Gasteiger partial charge >= 0.3 is 0 Å². The summed E-state index contributed by atoms with van der Waals surface area (Å²) in [7, 11) is 1.93. The standard InChI is InChI=1S/C9H16N2O/c1-7(12)4-5-9-6-10-11(3)8(9)2/h6-7,12H,4-5H2,1-3H3/t7-/m1/s1. The van der Waals surface area contributed by atoms with Gasteiger partial charge < -0.3 is 5.11 Å². The summed E-state index contributed by atoms with van der Waals surface area (Å²) >= 11 is 0. The maximum Gasteiger partial charge on any atom is 0.0524 e. The maximum atomic E-state index is 9.08. The Morgan fingerprint density at radius 2 is 2.33 bits per heavy atom. The van der Waals surface area contributed by atoms with Gasteiger partial charge in [0.1, 0.15) is 0 Å². The van der Waals surface area contributed by atoms with Crippen LogP contribution in [0, 0.1) is 6.92 Å². The average molecular weight is 168 g/mol. The van der Waals surface area contributed by atoms with Crippen molar-refractivity contribution in [3.05, 3.63) is 17.5 Å². The zero-order valence-corrected chi connectivity index (χ0v) is 7.91. The lowest BCUT2D eigenvalue weighted by molar-refractivity contribution is 0.185. The van der Waals surface area contributed by atoms with Crippen LogP contribution in [-0.4, -0.2) is 21.0 Å². The number of aryl methyl sites for hydroxylation is 2. The van der Waals surface area contributed by atoms with Crippen LogP contribution in [0.4, 0.5) is 0 Å². The summed E-state index contributed by atoms with van der Waals surface area (Å²) in [6, 6.07) is 0. The highest BCUT2D eigenvalue weighted by molar-refractivity contribution is 5.15. The normalized spacial score (nSPS) is 13.3. The molecule has 0 unspecified atom stereocenters. The smallest absolute Gasteiger partial charge is 0.0524 e. The van der Waals surface area contributed by atoms with Gasteiger partial charge in [-0.25, -0.2) is 0 Å². The molecule has 3 heteroatoms. The lowest BCUT2D eigenvalue weighted by Crippen LogP contribution is -2.02. The van der Waals surface area contributed by atoms with Gasteiger partial charge in [0.2, 0.25) is 0 Å². The van der Waals surface area contributed by atoms with Crippen LogP contribution in [0.25, 0.3) is 0 Å². The van der Waals surface area contributed by atoms with Crippen molar-refractivity contribution in [3.8, 4) is 0 Å². The molecule has 0 amide bonds. The Morgan fingerprint density at radius 1 is 1.67 bits per heavy atom. The monoisotopic (exact) mass is 168 g/mol. The summed E-state index contributed by atoms with van der Waals surface area (Å²) in [4.78, 5) is 0. The lowest BCUT2D eigenvalue weighted by Gasteiger charge is -2.02. The van der Waals surface area contributed by atoms with Crippen molar-refractivity contribution in [2.45, 2.75) is 32.8 Å². The SMILES string of the molecule is Cc1c(CC[C@@H](C)O)cnn1C. The molecule has 1 rings (SSSR count). The second-order valence-electron chi connectivity index (χ2n) is 3.27. The van der Waals surface area contributed by atoms with Crippen LogP contribution in [0.15, 0.2) is 6.20 Å². The first kappa shape index (κ1) is 9.26. The molecule has 1 aromatic rings. The molecule has 12 heavy (non-hydrogen) atoms. The molecule has 68 valence electrons. The molecule has 0 saturated heterocycles. The van der Waals surface area contributed by atoms with E-state index in [0.29, 0.717) is 0 Å². The number of nitrogens with zero attached hydrogens (tertiary/aromatic N) is 2. The van der Waals surface area contributed by atoms with Crippen molar-refractivity contribution in [2.24, 2.45) is 7.05 Å². The van der Waals surface area contributed by atoms with Gasteiger partial charge in [0.05, 0.1) is 12.3 Å². The van der Waals surface area contributed by atoms with Crippen LogP contribution >= 0.6 is 0 Å². The summed E-state index contributed by atoms with van der Waals surface area (Å²) in [5.74, 6) is 0. The van der Waals surface area contributed by atoms with E-state index in [4.69, 9.17) is 5.11 Å². The third kappa shape index (κ3) is 2.08. The third-order valence-corrected chi connectivity index (χ3v) is 2.17. The maximum absolute atomic E-state index is 9.08. The molecule has 3 nitrogen and oxygen atoms in total. The van der Waals surface area contributed by atoms with Crippen LogP contribution in [0.2, 0.25) is 0 Å². The number of aliphatic hydroxyl groups is 1. The lowest BCUT2D eigenvalue weighted by atomic mass is 10.1. The van der Waals surface area contributed by atoms with Crippen LogP contribution in [0.5, 0.6) is 0 Å². The van der Waals surface area contributed by atoms with Crippen LogP contribution in [-0.2, 0) is 13.5 Å². The molecule has 1 heterocycles. The molecule has 0 fully saturated rings. The van der Waals surface area contributed by atoms with E-state index < -0.39 is 0 Å². The van der Waals surface area contributed by atoms with E-state index >= 15 is 0 Å². The molecule has 0 spiro atoms. The minimum atomic E-state index is -0.218. The highest BCUT2D eigenvalue weighted by Gasteiger charge is 2.04. The van der Waals surface area contributed by atoms with Gasteiger partial charge in [0.25, 0.3) is 0 Å². The molecule has 0 aliphatic heterocycles. The molecule has 0 saturated carbocycles. The minimum Gasteiger partial charge on any atom is -0.393 e. The van der Waals surface area contributed by atoms with Gasteiger partial charge in [0, 0.05) is 12.7 Å². The highest BCUT2D eigenvalue weighted by Crippen LogP contribution is 2.09. The Kier molecular flexibility index (Phi) is 2.87. The number of aliphatic hydroxyl groups excluding tert-OH is 1. The fourth-order valence-electron chi connectivity index (χ4n) is 1.15. The molecular weight excluding hydrogens is 152 g/mol. The molecule has 1 N–H and O–H groups in total. The number of aromatic nitrogens is 2. The summed E-state index contributed by atoms with van der Waals surface area (Å²) in [6.07, 6.45) is 3.38. The quantitative estimate of drug-likeness (QED) is 0.732. The number of hydrogen-bond donors (Lipinski definition) is 1. The van der Waals surface area contributed by atoms with Gasteiger partial charge in [-0.3, -0.25) is 4.68 Å². The van der Waals surface area contributed by atoms with Gasteiger partial charge in [-0.2, -0.15) is 5.10 Å². The Morgan fingerprint density at radius 3 is 2.75 bits per heavy atom. The predicted molar refractivity (Wildman–Crippen MR) is 47.9 cm³/mol. The Bertz CT molecular complexity index is 253. The van der Waals surface area contributed by atoms with Crippen molar-refractivity contribution >= 4 is 0 Å². The molecule has 1 aromatic heterocycles. The minimum absolute atomic E-state index is 0.218. The summed E-state index contributed by atoms with van der Waals surface area (Å²) < 4.78 is 1.86. The molecular formula is C9H16N2O.